The summed E-state index contributed by atoms with van der Waals surface area (Å²) in [7, 11) is 1.66. The van der Waals surface area contributed by atoms with Crippen LogP contribution in [0, 0.1) is 5.92 Å². The van der Waals surface area contributed by atoms with E-state index in [0.29, 0.717) is 26.4 Å². The van der Waals surface area contributed by atoms with Gasteiger partial charge >= 0.3 is 0 Å². The molecule has 1 fully saturated rings. The lowest BCUT2D eigenvalue weighted by atomic mass is 9.99. The maximum Gasteiger partial charge on any atom is 0.227 e. The summed E-state index contributed by atoms with van der Waals surface area (Å²) in [6, 6.07) is 3.69. The van der Waals surface area contributed by atoms with Crippen molar-refractivity contribution in [1.29, 1.82) is 0 Å². The van der Waals surface area contributed by atoms with Gasteiger partial charge in [0, 0.05) is 32.8 Å². The minimum Gasteiger partial charge on any atom is -0.383 e. The average molecular weight is 279 g/mol. The lowest BCUT2D eigenvalue weighted by Gasteiger charge is -2.21. The second-order valence-electron chi connectivity index (χ2n) is 4.73. The highest BCUT2D eigenvalue weighted by Crippen LogP contribution is 2.17. The molecule has 0 unspecified atom stereocenters. The molecule has 2 rings (SSSR count). The second kappa shape index (κ2) is 7.81. The van der Waals surface area contributed by atoms with Gasteiger partial charge < -0.3 is 20.1 Å². The van der Waals surface area contributed by atoms with Crippen LogP contribution in [0.2, 0.25) is 0 Å². The summed E-state index contributed by atoms with van der Waals surface area (Å²) in [5.41, 5.74) is 0.721. The van der Waals surface area contributed by atoms with Crippen molar-refractivity contribution in [2.45, 2.75) is 12.8 Å². The number of hydrogen-bond acceptors (Lipinski definition) is 5. The lowest BCUT2D eigenvalue weighted by Crippen LogP contribution is -2.28. The quantitative estimate of drug-likeness (QED) is 0.772. The van der Waals surface area contributed by atoms with Gasteiger partial charge in [-0.3, -0.25) is 4.79 Å². The molecule has 1 saturated heterocycles. The maximum atomic E-state index is 12.0. The Morgan fingerprint density at radius 2 is 2.25 bits per heavy atom. The first-order valence-electron chi connectivity index (χ1n) is 6.87. The molecule has 1 aromatic rings. The van der Waals surface area contributed by atoms with Crippen molar-refractivity contribution in [2.24, 2.45) is 5.92 Å². The fourth-order valence-electron chi connectivity index (χ4n) is 2.06. The Morgan fingerprint density at radius 3 is 2.90 bits per heavy atom. The highest BCUT2D eigenvalue weighted by Gasteiger charge is 2.21. The Morgan fingerprint density at radius 1 is 1.45 bits per heavy atom. The second-order valence-corrected chi connectivity index (χ2v) is 4.73. The van der Waals surface area contributed by atoms with Gasteiger partial charge in [-0.25, -0.2) is 4.98 Å². The average Bonchev–Trinajstić information content (AvgIpc) is 2.50. The molecule has 2 N–H and O–H groups in total. The highest BCUT2D eigenvalue weighted by atomic mass is 16.5. The minimum absolute atomic E-state index is 0.0447. The number of hydrogen-bond donors (Lipinski definition) is 2. The number of carbonyl (C=O) groups is 1. The zero-order chi connectivity index (χ0) is 14.2. The van der Waals surface area contributed by atoms with Gasteiger partial charge in [0.1, 0.15) is 5.82 Å². The van der Waals surface area contributed by atoms with E-state index in [-0.39, 0.29) is 11.8 Å². The molecule has 0 saturated carbocycles. The van der Waals surface area contributed by atoms with Crippen molar-refractivity contribution >= 4 is 17.4 Å². The van der Waals surface area contributed by atoms with Gasteiger partial charge in [-0.15, -0.1) is 0 Å². The highest BCUT2D eigenvalue weighted by molar-refractivity contribution is 5.92. The summed E-state index contributed by atoms with van der Waals surface area (Å²) < 4.78 is 10.2. The van der Waals surface area contributed by atoms with E-state index >= 15 is 0 Å². The van der Waals surface area contributed by atoms with Gasteiger partial charge in [0.15, 0.2) is 0 Å². The Balaban J connectivity index is 1.81. The summed E-state index contributed by atoms with van der Waals surface area (Å²) in [6.45, 7) is 2.67. The van der Waals surface area contributed by atoms with E-state index in [9.17, 15) is 4.79 Å². The number of nitrogens with one attached hydrogen (secondary N) is 2. The monoisotopic (exact) mass is 279 g/mol. The number of methoxy groups -OCH3 is 1. The Hall–Kier alpha value is -1.66. The van der Waals surface area contributed by atoms with Gasteiger partial charge in [-0.2, -0.15) is 0 Å². The van der Waals surface area contributed by atoms with Gasteiger partial charge in [-0.05, 0) is 25.0 Å². The van der Waals surface area contributed by atoms with E-state index in [1.54, 1.807) is 13.3 Å². The number of carbonyl (C=O) groups excluding carboxylic acids is 1. The van der Waals surface area contributed by atoms with E-state index in [1.165, 1.54) is 0 Å². The van der Waals surface area contributed by atoms with Gasteiger partial charge in [-0.1, -0.05) is 0 Å². The zero-order valence-electron chi connectivity index (χ0n) is 11.7. The van der Waals surface area contributed by atoms with Crippen LogP contribution in [0.25, 0.3) is 0 Å². The van der Waals surface area contributed by atoms with Crippen LogP contribution in [0.3, 0.4) is 0 Å². The first-order valence-corrected chi connectivity index (χ1v) is 6.87. The number of amides is 1. The third kappa shape index (κ3) is 4.47. The van der Waals surface area contributed by atoms with Crippen LogP contribution in [0.15, 0.2) is 18.3 Å². The van der Waals surface area contributed by atoms with E-state index in [1.807, 2.05) is 12.1 Å². The van der Waals surface area contributed by atoms with Crippen molar-refractivity contribution < 1.29 is 14.3 Å². The molecule has 0 spiro atoms. The number of nitrogens with zero attached hydrogens (tertiary/aromatic N) is 1. The fourth-order valence-corrected chi connectivity index (χ4v) is 2.06. The molecule has 0 atom stereocenters. The van der Waals surface area contributed by atoms with Crippen molar-refractivity contribution in [3.05, 3.63) is 18.3 Å². The molecule has 1 aliphatic heterocycles. The minimum atomic E-state index is 0.0447. The van der Waals surface area contributed by atoms with Gasteiger partial charge in [0.25, 0.3) is 0 Å². The first kappa shape index (κ1) is 14.7. The summed E-state index contributed by atoms with van der Waals surface area (Å²) in [4.78, 5) is 16.3. The normalized spacial score (nSPS) is 15.8. The van der Waals surface area contributed by atoms with Gasteiger partial charge in [0.05, 0.1) is 18.5 Å². The van der Waals surface area contributed by atoms with Crippen molar-refractivity contribution in [1.82, 2.24) is 4.98 Å². The molecule has 1 aromatic heterocycles. The molecule has 6 heteroatoms. The topological polar surface area (TPSA) is 72.5 Å². The smallest absolute Gasteiger partial charge is 0.227 e. The molecule has 110 valence electrons. The molecular formula is C14H21N3O3. The van der Waals surface area contributed by atoms with Crippen LogP contribution in [0.4, 0.5) is 11.5 Å². The maximum absolute atomic E-state index is 12.0. The molecule has 6 nitrogen and oxygen atoms in total. The number of aromatic nitrogens is 1. The lowest BCUT2D eigenvalue weighted by molar-refractivity contribution is -0.122. The predicted octanol–water partition coefficient (Wildman–Crippen LogP) is 1.51. The Bertz CT molecular complexity index is 416. The van der Waals surface area contributed by atoms with Crippen molar-refractivity contribution in [2.75, 3.05) is 44.1 Å². The summed E-state index contributed by atoms with van der Waals surface area (Å²) in [6.07, 6.45) is 3.23. The number of pyridine rings is 1. The van der Waals surface area contributed by atoms with E-state index in [2.05, 4.69) is 15.6 Å². The molecule has 0 bridgehead atoms. The third-order valence-electron chi connectivity index (χ3n) is 3.24. The molecule has 20 heavy (non-hydrogen) atoms. The molecule has 0 aromatic carbocycles. The number of anilines is 2. The van der Waals surface area contributed by atoms with Crippen LogP contribution in [-0.2, 0) is 14.3 Å². The van der Waals surface area contributed by atoms with Crippen LogP contribution >= 0.6 is 0 Å². The summed E-state index contributed by atoms with van der Waals surface area (Å²) >= 11 is 0. The molecule has 2 heterocycles. The molecule has 0 radical (unpaired) electrons. The molecule has 1 aliphatic rings. The zero-order valence-corrected chi connectivity index (χ0v) is 11.7. The number of rotatable bonds is 6. The van der Waals surface area contributed by atoms with Crippen molar-refractivity contribution in [3.8, 4) is 0 Å². The van der Waals surface area contributed by atoms with Crippen LogP contribution in [-0.4, -0.2) is 44.4 Å². The largest absolute Gasteiger partial charge is 0.383 e. The Labute approximate surface area is 118 Å². The standard InChI is InChI=1S/C14H21N3O3/c1-19-9-6-15-13-3-2-12(10-16-13)17-14(18)11-4-7-20-8-5-11/h2-3,10-11H,4-9H2,1H3,(H,15,16)(H,17,18). The molecule has 1 amide bonds. The number of ether oxygens (including phenoxy) is 2. The molecular weight excluding hydrogens is 258 g/mol. The third-order valence-corrected chi connectivity index (χ3v) is 3.24. The summed E-state index contributed by atoms with van der Waals surface area (Å²) in [5.74, 6) is 0.865. The molecule has 0 aliphatic carbocycles. The predicted molar refractivity (Wildman–Crippen MR) is 76.8 cm³/mol. The fraction of sp³-hybridized carbons (Fsp3) is 0.571. The van der Waals surface area contributed by atoms with Crippen molar-refractivity contribution in [3.63, 3.8) is 0 Å². The van der Waals surface area contributed by atoms with E-state index < -0.39 is 0 Å². The van der Waals surface area contributed by atoms with Gasteiger partial charge in [0.2, 0.25) is 5.91 Å². The van der Waals surface area contributed by atoms with E-state index in [0.717, 1.165) is 24.3 Å². The SMILES string of the molecule is COCCNc1ccc(NC(=O)C2CCOCC2)cn1. The summed E-state index contributed by atoms with van der Waals surface area (Å²) in [5, 5.41) is 6.02. The first-order chi connectivity index (χ1) is 9.79. The van der Waals surface area contributed by atoms with Crippen LogP contribution in [0.5, 0.6) is 0 Å². The Kier molecular flexibility index (Phi) is 5.76. The van der Waals surface area contributed by atoms with Crippen LogP contribution in [0.1, 0.15) is 12.8 Å². The van der Waals surface area contributed by atoms with E-state index in [4.69, 9.17) is 9.47 Å². The van der Waals surface area contributed by atoms with Crippen LogP contribution < -0.4 is 10.6 Å².